The van der Waals surface area contributed by atoms with Crippen LogP contribution in [0.25, 0.3) is 0 Å². The van der Waals surface area contributed by atoms with Crippen molar-refractivity contribution in [1.29, 1.82) is 0 Å². The van der Waals surface area contributed by atoms with E-state index >= 15 is 0 Å². The Morgan fingerprint density at radius 1 is 1.15 bits per heavy atom. The highest BCUT2D eigenvalue weighted by Gasteiger charge is 2.32. The van der Waals surface area contributed by atoms with Gasteiger partial charge in [0.1, 0.15) is 11.8 Å². The zero-order valence-electron chi connectivity index (χ0n) is 15.7. The van der Waals surface area contributed by atoms with Crippen molar-refractivity contribution in [2.45, 2.75) is 38.6 Å². The van der Waals surface area contributed by atoms with Crippen LogP contribution in [-0.2, 0) is 4.79 Å². The van der Waals surface area contributed by atoms with E-state index in [0.717, 1.165) is 12.8 Å². The number of benzene rings is 1. The van der Waals surface area contributed by atoms with E-state index in [9.17, 15) is 14.7 Å². The van der Waals surface area contributed by atoms with Gasteiger partial charge in [0.2, 0.25) is 5.91 Å². The van der Waals surface area contributed by atoms with Crippen LogP contribution in [-0.4, -0.2) is 41.0 Å². The van der Waals surface area contributed by atoms with Gasteiger partial charge in [-0.05, 0) is 54.5 Å². The number of phenols is 1. The second-order valence-corrected chi connectivity index (χ2v) is 7.36. The van der Waals surface area contributed by atoms with E-state index in [0.29, 0.717) is 19.0 Å². The third kappa shape index (κ3) is 4.51. The minimum absolute atomic E-state index is 0.0220. The summed E-state index contributed by atoms with van der Waals surface area (Å²) in [4.78, 5) is 27.1. The van der Waals surface area contributed by atoms with Crippen LogP contribution < -0.4 is 5.32 Å². The highest BCUT2D eigenvalue weighted by atomic mass is 16.3. The molecule has 0 saturated carbocycles. The summed E-state index contributed by atoms with van der Waals surface area (Å²) in [6.07, 6.45) is 3.18. The van der Waals surface area contributed by atoms with Crippen molar-refractivity contribution < 1.29 is 19.1 Å². The Bertz CT molecular complexity index is 760. The Hall–Kier alpha value is -2.76. The summed E-state index contributed by atoms with van der Waals surface area (Å²) in [5.74, 6) is 0.411. The molecule has 6 nitrogen and oxygen atoms in total. The Balaban J connectivity index is 1.60. The Morgan fingerprint density at radius 3 is 2.37 bits per heavy atom. The smallest absolute Gasteiger partial charge is 0.287 e. The van der Waals surface area contributed by atoms with Gasteiger partial charge in [-0.1, -0.05) is 26.0 Å². The minimum Gasteiger partial charge on any atom is -0.508 e. The normalized spacial score (nSPS) is 16.3. The summed E-state index contributed by atoms with van der Waals surface area (Å²) in [6.45, 7) is 5.16. The molecule has 2 aromatic rings. The number of amides is 2. The van der Waals surface area contributed by atoms with Crippen LogP contribution in [0.2, 0.25) is 0 Å². The monoisotopic (exact) mass is 370 g/mol. The molecular weight excluding hydrogens is 344 g/mol. The van der Waals surface area contributed by atoms with Gasteiger partial charge in [-0.2, -0.15) is 0 Å². The summed E-state index contributed by atoms with van der Waals surface area (Å²) in [5.41, 5.74) is 1.19. The number of piperidine rings is 1. The highest BCUT2D eigenvalue weighted by molar-refractivity contribution is 5.95. The predicted molar refractivity (Wildman–Crippen MR) is 101 cm³/mol. The summed E-state index contributed by atoms with van der Waals surface area (Å²) < 4.78 is 5.12. The van der Waals surface area contributed by atoms with Crippen LogP contribution in [0.3, 0.4) is 0 Å². The molecule has 27 heavy (non-hydrogen) atoms. The van der Waals surface area contributed by atoms with Gasteiger partial charge < -0.3 is 19.7 Å². The lowest BCUT2D eigenvalue weighted by Crippen LogP contribution is -2.52. The first-order valence-corrected chi connectivity index (χ1v) is 9.38. The second-order valence-electron chi connectivity index (χ2n) is 7.36. The first-order chi connectivity index (χ1) is 13.0. The van der Waals surface area contributed by atoms with Crippen LogP contribution in [0.1, 0.15) is 48.7 Å². The molecule has 2 amide bonds. The predicted octanol–water partition coefficient (Wildman–Crippen LogP) is 3.15. The Labute approximate surface area is 159 Å². The van der Waals surface area contributed by atoms with E-state index in [1.165, 1.54) is 11.8 Å². The van der Waals surface area contributed by atoms with Crippen molar-refractivity contribution in [3.63, 3.8) is 0 Å². The standard InChI is InChI=1S/C21H26N2O4/c1-14(2)19(22-20(25)18-4-3-13-27-18)21(26)23-11-9-16(10-12-23)15-5-7-17(24)8-6-15/h3-8,13-14,16,19,24H,9-12H2,1-2H3,(H,22,25). The van der Waals surface area contributed by atoms with Crippen LogP contribution in [0.15, 0.2) is 47.1 Å². The maximum Gasteiger partial charge on any atom is 0.287 e. The van der Waals surface area contributed by atoms with Crippen LogP contribution in [0, 0.1) is 5.92 Å². The molecular formula is C21H26N2O4. The topological polar surface area (TPSA) is 82.8 Å². The molecule has 2 N–H and O–H groups in total. The summed E-state index contributed by atoms with van der Waals surface area (Å²) in [6, 6.07) is 9.94. The number of nitrogens with one attached hydrogen (secondary N) is 1. The number of rotatable bonds is 5. The fourth-order valence-corrected chi connectivity index (χ4v) is 3.51. The van der Waals surface area contributed by atoms with Gasteiger partial charge in [0.25, 0.3) is 5.91 Å². The molecule has 0 spiro atoms. The lowest BCUT2D eigenvalue weighted by molar-refractivity contribution is -0.135. The SMILES string of the molecule is CC(C)C(NC(=O)c1ccco1)C(=O)N1CCC(c2ccc(O)cc2)CC1. The molecule has 0 radical (unpaired) electrons. The summed E-state index contributed by atoms with van der Waals surface area (Å²) in [5, 5.41) is 12.2. The van der Waals surface area contributed by atoms with Gasteiger partial charge in [0, 0.05) is 13.1 Å². The van der Waals surface area contributed by atoms with E-state index in [4.69, 9.17) is 4.42 Å². The minimum atomic E-state index is -0.576. The fourth-order valence-electron chi connectivity index (χ4n) is 3.51. The van der Waals surface area contributed by atoms with Crippen molar-refractivity contribution in [3.05, 3.63) is 54.0 Å². The molecule has 0 aliphatic carbocycles. The molecule has 1 aliphatic rings. The zero-order valence-corrected chi connectivity index (χ0v) is 15.7. The third-order valence-electron chi connectivity index (χ3n) is 5.14. The van der Waals surface area contributed by atoms with E-state index in [1.807, 2.05) is 30.9 Å². The molecule has 144 valence electrons. The number of likely N-dealkylation sites (tertiary alicyclic amines) is 1. The Morgan fingerprint density at radius 2 is 1.81 bits per heavy atom. The number of carbonyl (C=O) groups excluding carboxylic acids is 2. The molecule has 1 aliphatic heterocycles. The van der Waals surface area contributed by atoms with Crippen molar-refractivity contribution in [1.82, 2.24) is 10.2 Å². The Kier molecular flexibility index (Phi) is 5.84. The van der Waals surface area contributed by atoms with Gasteiger partial charge >= 0.3 is 0 Å². The van der Waals surface area contributed by atoms with Gasteiger partial charge in [0.05, 0.1) is 6.26 Å². The van der Waals surface area contributed by atoms with Crippen molar-refractivity contribution in [3.8, 4) is 5.75 Å². The van der Waals surface area contributed by atoms with Gasteiger partial charge in [-0.3, -0.25) is 9.59 Å². The first kappa shape index (κ1) is 19.0. The largest absolute Gasteiger partial charge is 0.508 e. The number of hydrogen-bond donors (Lipinski definition) is 2. The van der Waals surface area contributed by atoms with Crippen molar-refractivity contribution in [2.24, 2.45) is 5.92 Å². The molecule has 1 aromatic carbocycles. The number of carbonyl (C=O) groups is 2. The van der Waals surface area contributed by atoms with Gasteiger partial charge in [-0.15, -0.1) is 0 Å². The van der Waals surface area contributed by atoms with Gasteiger partial charge in [-0.25, -0.2) is 0 Å². The molecule has 6 heteroatoms. The quantitative estimate of drug-likeness (QED) is 0.847. The van der Waals surface area contributed by atoms with E-state index in [-0.39, 0.29) is 29.2 Å². The fraction of sp³-hybridized carbons (Fsp3) is 0.429. The van der Waals surface area contributed by atoms with Crippen LogP contribution in [0.4, 0.5) is 0 Å². The summed E-state index contributed by atoms with van der Waals surface area (Å²) >= 11 is 0. The average molecular weight is 370 g/mol. The lowest BCUT2D eigenvalue weighted by atomic mass is 9.89. The molecule has 2 heterocycles. The summed E-state index contributed by atoms with van der Waals surface area (Å²) in [7, 11) is 0. The zero-order chi connectivity index (χ0) is 19.4. The van der Waals surface area contributed by atoms with E-state index in [1.54, 1.807) is 24.3 Å². The highest BCUT2D eigenvalue weighted by Crippen LogP contribution is 2.29. The number of aromatic hydroxyl groups is 1. The maximum absolute atomic E-state index is 13.0. The number of phenolic OH excluding ortho intramolecular Hbond substituents is 1. The van der Waals surface area contributed by atoms with E-state index in [2.05, 4.69) is 5.32 Å². The van der Waals surface area contributed by atoms with Crippen LogP contribution >= 0.6 is 0 Å². The molecule has 0 bridgehead atoms. The van der Waals surface area contributed by atoms with Crippen molar-refractivity contribution in [2.75, 3.05) is 13.1 Å². The maximum atomic E-state index is 13.0. The lowest BCUT2D eigenvalue weighted by Gasteiger charge is -2.35. The number of hydrogen-bond acceptors (Lipinski definition) is 4. The molecule has 1 atom stereocenters. The number of furan rings is 1. The second kappa shape index (κ2) is 8.29. The first-order valence-electron chi connectivity index (χ1n) is 9.38. The molecule has 3 rings (SSSR count). The molecule has 1 unspecified atom stereocenters. The average Bonchev–Trinajstić information content (AvgIpc) is 3.21. The molecule has 1 fully saturated rings. The van der Waals surface area contributed by atoms with Crippen LogP contribution in [0.5, 0.6) is 5.75 Å². The molecule has 1 saturated heterocycles. The number of nitrogens with zero attached hydrogens (tertiary/aromatic N) is 1. The third-order valence-corrected chi connectivity index (χ3v) is 5.14. The van der Waals surface area contributed by atoms with Crippen molar-refractivity contribution >= 4 is 11.8 Å². The van der Waals surface area contributed by atoms with Gasteiger partial charge in [0.15, 0.2) is 5.76 Å². The van der Waals surface area contributed by atoms with E-state index < -0.39 is 6.04 Å². The molecule has 1 aromatic heterocycles.